The Morgan fingerprint density at radius 2 is 2.11 bits per heavy atom. The number of likely N-dealkylation sites (tertiary alicyclic amines) is 1. The van der Waals surface area contributed by atoms with E-state index in [1.54, 1.807) is 11.7 Å². The van der Waals surface area contributed by atoms with Crippen LogP contribution >= 0.6 is 0 Å². The Hall–Kier alpha value is -1.52. The minimum Gasteiger partial charge on any atom is -0.395 e. The first-order valence-corrected chi connectivity index (χ1v) is 6.59. The average molecular weight is 250 g/mol. The average Bonchev–Trinajstić information content (AvgIpc) is 2.51. The van der Waals surface area contributed by atoms with Crippen LogP contribution in [0.15, 0.2) is 0 Å². The lowest BCUT2D eigenvalue weighted by atomic mass is 10.0. The zero-order valence-corrected chi connectivity index (χ0v) is 11.4. The molecule has 0 spiro atoms. The Bertz CT molecular complexity index is 452. The third kappa shape index (κ3) is 2.35. The van der Waals surface area contributed by atoms with Crippen molar-refractivity contribution in [2.45, 2.75) is 33.1 Å². The predicted molar refractivity (Wildman–Crippen MR) is 71.3 cm³/mol. The van der Waals surface area contributed by atoms with Crippen LogP contribution in [0.25, 0.3) is 0 Å². The summed E-state index contributed by atoms with van der Waals surface area (Å²) in [7, 11) is 1.77. The van der Waals surface area contributed by atoms with Crippen molar-refractivity contribution in [3.8, 4) is 0 Å². The highest BCUT2D eigenvalue weighted by atomic mass is 16.2. The van der Waals surface area contributed by atoms with Crippen molar-refractivity contribution in [1.82, 2.24) is 14.7 Å². The molecule has 0 aromatic carbocycles. The van der Waals surface area contributed by atoms with Crippen LogP contribution in [0.3, 0.4) is 0 Å². The van der Waals surface area contributed by atoms with E-state index in [9.17, 15) is 4.79 Å². The quantitative estimate of drug-likeness (QED) is 0.823. The van der Waals surface area contributed by atoms with Crippen LogP contribution in [0.4, 0.5) is 5.69 Å². The number of hydrogen-bond donors (Lipinski definition) is 1. The molecule has 0 aliphatic carbocycles. The van der Waals surface area contributed by atoms with E-state index in [1.165, 1.54) is 6.42 Å². The molecule has 100 valence electrons. The van der Waals surface area contributed by atoms with Gasteiger partial charge in [0, 0.05) is 20.1 Å². The van der Waals surface area contributed by atoms with Gasteiger partial charge in [-0.3, -0.25) is 9.48 Å². The summed E-state index contributed by atoms with van der Waals surface area (Å²) >= 11 is 0. The van der Waals surface area contributed by atoms with Gasteiger partial charge in [-0.2, -0.15) is 5.10 Å². The Morgan fingerprint density at radius 3 is 2.72 bits per heavy atom. The summed E-state index contributed by atoms with van der Waals surface area (Å²) in [5.74, 6) is 0.720. The second-order valence-electron chi connectivity index (χ2n) is 5.30. The highest BCUT2D eigenvalue weighted by Gasteiger charge is 2.25. The van der Waals surface area contributed by atoms with Gasteiger partial charge in [0.15, 0.2) is 0 Å². The third-order valence-corrected chi connectivity index (χ3v) is 3.78. The van der Waals surface area contributed by atoms with Crippen LogP contribution in [0.5, 0.6) is 0 Å². The van der Waals surface area contributed by atoms with Crippen molar-refractivity contribution in [3.63, 3.8) is 0 Å². The maximum Gasteiger partial charge on any atom is 0.274 e. The number of nitrogens with two attached hydrogens (primary N) is 1. The molecule has 2 heterocycles. The third-order valence-electron chi connectivity index (χ3n) is 3.78. The SMILES string of the molecule is Cc1nn(C)c(C(=O)N2CCCC(C)CC2)c1N. The topological polar surface area (TPSA) is 64.2 Å². The Kier molecular flexibility index (Phi) is 3.59. The van der Waals surface area contributed by atoms with E-state index in [1.807, 2.05) is 11.8 Å². The van der Waals surface area contributed by atoms with Crippen LogP contribution in [0, 0.1) is 12.8 Å². The van der Waals surface area contributed by atoms with E-state index >= 15 is 0 Å². The maximum absolute atomic E-state index is 12.5. The second-order valence-corrected chi connectivity index (χ2v) is 5.30. The van der Waals surface area contributed by atoms with Crippen molar-refractivity contribution in [2.24, 2.45) is 13.0 Å². The lowest BCUT2D eigenvalue weighted by Gasteiger charge is -2.20. The predicted octanol–water partition coefficient (Wildman–Crippen LogP) is 1.57. The largest absolute Gasteiger partial charge is 0.395 e. The van der Waals surface area contributed by atoms with Crippen molar-refractivity contribution in [3.05, 3.63) is 11.4 Å². The van der Waals surface area contributed by atoms with Crippen LogP contribution in [-0.4, -0.2) is 33.7 Å². The Balaban J connectivity index is 2.20. The first-order valence-electron chi connectivity index (χ1n) is 6.59. The number of aryl methyl sites for hydroxylation is 2. The Morgan fingerprint density at radius 1 is 1.39 bits per heavy atom. The lowest BCUT2D eigenvalue weighted by Crippen LogP contribution is -2.33. The molecule has 1 aromatic rings. The minimum absolute atomic E-state index is 0.0182. The van der Waals surface area contributed by atoms with Crippen molar-refractivity contribution in [1.29, 1.82) is 0 Å². The van der Waals surface area contributed by atoms with Gasteiger partial charge in [-0.05, 0) is 32.1 Å². The molecule has 0 radical (unpaired) electrons. The van der Waals surface area contributed by atoms with Gasteiger partial charge in [0.05, 0.1) is 11.4 Å². The number of amides is 1. The summed E-state index contributed by atoms with van der Waals surface area (Å²) in [6, 6.07) is 0. The molecule has 1 aromatic heterocycles. The number of rotatable bonds is 1. The number of hydrogen-bond acceptors (Lipinski definition) is 3. The molecule has 1 aliphatic heterocycles. The van der Waals surface area contributed by atoms with Crippen molar-refractivity contribution >= 4 is 11.6 Å². The summed E-state index contributed by atoms with van der Waals surface area (Å²) in [5.41, 5.74) is 7.72. The number of aromatic nitrogens is 2. The van der Waals surface area contributed by atoms with Gasteiger partial charge >= 0.3 is 0 Å². The molecule has 5 nitrogen and oxygen atoms in total. The summed E-state index contributed by atoms with van der Waals surface area (Å²) in [6.07, 6.45) is 3.34. The van der Waals surface area contributed by atoms with Gasteiger partial charge in [0.2, 0.25) is 0 Å². The molecule has 0 saturated carbocycles. The summed E-state index contributed by atoms with van der Waals surface area (Å²) < 4.78 is 1.60. The fourth-order valence-corrected chi connectivity index (χ4v) is 2.54. The highest BCUT2D eigenvalue weighted by Crippen LogP contribution is 2.21. The van der Waals surface area contributed by atoms with E-state index in [2.05, 4.69) is 12.0 Å². The lowest BCUT2D eigenvalue weighted by molar-refractivity contribution is 0.0750. The van der Waals surface area contributed by atoms with Gasteiger partial charge in [-0.15, -0.1) is 0 Å². The van der Waals surface area contributed by atoms with Crippen LogP contribution in [-0.2, 0) is 7.05 Å². The van der Waals surface area contributed by atoms with Crippen LogP contribution in [0.2, 0.25) is 0 Å². The molecule has 18 heavy (non-hydrogen) atoms. The Labute approximate surface area is 108 Å². The highest BCUT2D eigenvalue weighted by molar-refractivity contribution is 5.98. The van der Waals surface area contributed by atoms with Crippen molar-refractivity contribution in [2.75, 3.05) is 18.8 Å². The minimum atomic E-state index is 0.0182. The molecular weight excluding hydrogens is 228 g/mol. The van der Waals surface area contributed by atoms with E-state index in [4.69, 9.17) is 5.73 Å². The fourth-order valence-electron chi connectivity index (χ4n) is 2.54. The molecule has 1 aliphatic rings. The second kappa shape index (κ2) is 5.00. The number of nitrogen functional groups attached to an aromatic ring is 1. The molecule has 2 N–H and O–H groups in total. The summed E-state index contributed by atoms with van der Waals surface area (Å²) in [4.78, 5) is 14.4. The fraction of sp³-hybridized carbons (Fsp3) is 0.692. The summed E-state index contributed by atoms with van der Waals surface area (Å²) in [6.45, 7) is 5.73. The van der Waals surface area contributed by atoms with E-state index < -0.39 is 0 Å². The number of nitrogens with zero attached hydrogens (tertiary/aromatic N) is 3. The molecule has 1 saturated heterocycles. The zero-order chi connectivity index (χ0) is 13.3. The molecular formula is C13H22N4O. The van der Waals surface area contributed by atoms with Crippen LogP contribution in [0.1, 0.15) is 42.4 Å². The molecule has 1 fully saturated rings. The van der Waals surface area contributed by atoms with E-state index in [0.29, 0.717) is 17.3 Å². The first-order chi connectivity index (χ1) is 8.50. The van der Waals surface area contributed by atoms with Crippen molar-refractivity contribution < 1.29 is 4.79 Å². The van der Waals surface area contributed by atoms with Gasteiger partial charge in [0.25, 0.3) is 5.91 Å². The standard InChI is InChI=1S/C13H22N4O/c1-9-5-4-7-17(8-6-9)13(18)12-11(14)10(2)15-16(12)3/h9H,4-8,14H2,1-3H3. The van der Waals surface area contributed by atoms with E-state index in [-0.39, 0.29) is 5.91 Å². The smallest absolute Gasteiger partial charge is 0.274 e. The van der Waals surface area contributed by atoms with Gasteiger partial charge in [-0.1, -0.05) is 6.92 Å². The molecule has 1 amide bonds. The normalized spacial score (nSPS) is 20.8. The molecule has 2 rings (SSSR count). The monoisotopic (exact) mass is 250 g/mol. The number of anilines is 1. The maximum atomic E-state index is 12.5. The molecule has 1 unspecified atom stereocenters. The summed E-state index contributed by atoms with van der Waals surface area (Å²) in [5, 5.41) is 4.21. The molecule has 5 heteroatoms. The molecule has 1 atom stereocenters. The van der Waals surface area contributed by atoms with Gasteiger partial charge in [-0.25, -0.2) is 0 Å². The number of carbonyl (C=O) groups is 1. The zero-order valence-electron chi connectivity index (χ0n) is 11.4. The van der Waals surface area contributed by atoms with Gasteiger partial charge in [0.1, 0.15) is 5.69 Å². The number of carbonyl (C=O) groups excluding carboxylic acids is 1. The van der Waals surface area contributed by atoms with Gasteiger partial charge < -0.3 is 10.6 Å². The van der Waals surface area contributed by atoms with E-state index in [0.717, 1.165) is 31.6 Å². The first kappa shape index (κ1) is 12.9. The molecule has 0 bridgehead atoms. The van der Waals surface area contributed by atoms with Crippen LogP contribution < -0.4 is 5.73 Å².